The summed E-state index contributed by atoms with van der Waals surface area (Å²) in [6, 6.07) is 17.1. The summed E-state index contributed by atoms with van der Waals surface area (Å²) in [7, 11) is 5.59. The van der Waals surface area contributed by atoms with Crippen LogP contribution in [-0.4, -0.2) is 55.8 Å². The molecule has 5 nitrogen and oxygen atoms in total. The first-order chi connectivity index (χ1) is 13.0. The maximum atomic E-state index is 12.7. The maximum absolute atomic E-state index is 12.7. The Balaban J connectivity index is 2.07. The molecule has 0 saturated heterocycles. The number of hydrogen-bond acceptors (Lipinski definition) is 3. The van der Waals surface area contributed by atoms with Crippen molar-refractivity contribution in [2.45, 2.75) is 6.54 Å². The molecular formula is C22H27N3O2. The molecule has 27 heavy (non-hydrogen) atoms. The third-order valence-electron chi connectivity index (χ3n) is 4.16. The molecule has 0 spiro atoms. The molecule has 0 atom stereocenters. The van der Waals surface area contributed by atoms with Gasteiger partial charge in [0.15, 0.2) is 0 Å². The van der Waals surface area contributed by atoms with Gasteiger partial charge >= 0.3 is 0 Å². The predicted molar refractivity (Wildman–Crippen MR) is 109 cm³/mol. The van der Waals surface area contributed by atoms with Crippen molar-refractivity contribution in [3.05, 3.63) is 77.4 Å². The van der Waals surface area contributed by atoms with Gasteiger partial charge in [-0.25, -0.2) is 0 Å². The molecule has 142 valence electrons. The Labute approximate surface area is 161 Å². The zero-order chi connectivity index (χ0) is 19.6. The highest BCUT2D eigenvalue weighted by atomic mass is 16.2. The van der Waals surface area contributed by atoms with Crippen LogP contribution in [-0.2, 0) is 11.3 Å². The standard InChI is InChI=1S/C22H27N3O2/c1-23-22(27)20-12-9-18(10-13-20)11-14-21(26)25(16-15-24(2)3)17-19-7-5-4-6-8-19/h4-14H,15-17H2,1-3H3,(H,23,27)/b14-11+. The molecule has 0 heterocycles. The first kappa shape index (κ1) is 20.4. The minimum absolute atomic E-state index is 0.0314. The summed E-state index contributed by atoms with van der Waals surface area (Å²) in [5.41, 5.74) is 2.58. The van der Waals surface area contributed by atoms with E-state index in [2.05, 4.69) is 10.2 Å². The number of benzene rings is 2. The van der Waals surface area contributed by atoms with Crippen LogP contribution in [0.15, 0.2) is 60.7 Å². The average molecular weight is 365 g/mol. The lowest BCUT2D eigenvalue weighted by Crippen LogP contribution is -2.35. The van der Waals surface area contributed by atoms with Crippen molar-refractivity contribution in [1.29, 1.82) is 0 Å². The molecule has 0 unspecified atom stereocenters. The Morgan fingerprint density at radius 2 is 1.63 bits per heavy atom. The van der Waals surface area contributed by atoms with Crippen molar-refractivity contribution in [2.75, 3.05) is 34.2 Å². The summed E-state index contributed by atoms with van der Waals surface area (Å²) in [5, 5.41) is 2.59. The number of carbonyl (C=O) groups is 2. The van der Waals surface area contributed by atoms with Crippen molar-refractivity contribution in [1.82, 2.24) is 15.1 Å². The van der Waals surface area contributed by atoms with Gasteiger partial charge < -0.3 is 15.1 Å². The third-order valence-corrected chi connectivity index (χ3v) is 4.16. The van der Waals surface area contributed by atoms with Gasteiger partial charge in [-0.15, -0.1) is 0 Å². The molecule has 1 N–H and O–H groups in total. The number of hydrogen-bond donors (Lipinski definition) is 1. The van der Waals surface area contributed by atoms with Crippen LogP contribution in [0.5, 0.6) is 0 Å². The fourth-order valence-electron chi connectivity index (χ4n) is 2.55. The number of nitrogens with one attached hydrogen (secondary N) is 1. The largest absolute Gasteiger partial charge is 0.355 e. The second-order valence-corrected chi connectivity index (χ2v) is 6.58. The van der Waals surface area contributed by atoms with Gasteiger partial charge in [0.25, 0.3) is 5.91 Å². The van der Waals surface area contributed by atoms with E-state index >= 15 is 0 Å². The molecule has 0 aliphatic carbocycles. The summed E-state index contributed by atoms with van der Waals surface area (Å²) < 4.78 is 0. The van der Waals surface area contributed by atoms with Gasteiger partial charge in [-0.1, -0.05) is 42.5 Å². The Bertz CT molecular complexity index is 768. The van der Waals surface area contributed by atoms with Crippen molar-refractivity contribution in [3.8, 4) is 0 Å². The molecule has 2 aromatic rings. The highest BCUT2D eigenvalue weighted by molar-refractivity contribution is 5.94. The van der Waals surface area contributed by atoms with Crippen molar-refractivity contribution in [3.63, 3.8) is 0 Å². The normalized spacial score (nSPS) is 11.0. The van der Waals surface area contributed by atoms with Gasteiger partial charge in [0.05, 0.1) is 0 Å². The van der Waals surface area contributed by atoms with E-state index in [-0.39, 0.29) is 11.8 Å². The first-order valence-corrected chi connectivity index (χ1v) is 8.97. The van der Waals surface area contributed by atoms with Crippen LogP contribution in [0.4, 0.5) is 0 Å². The summed E-state index contributed by atoms with van der Waals surface area (Å²) >= 11 is 0. The monoisotopic (exact) mass is 365 g/mol. The van der Waals surface area contributed by atoms with Gasteiger partial charge in [-0.2, -0.15) is 0 Å². The third kappa shape index (κ3) is 6.72. The molecule has 0 aliphatic heterocycles. The Kier molecular flexibility index (Phi) is 7.77. The van der Waals surface area contributed by atoms with Gasteiger partial charge in [-0.05, 0) is 43.4 Å². The quantitative estimate of drug-likeness (QED) is 0.732. The summed E-state index contributed by atoms with van der Waals surface area (Å²) in [5.74, 6) is -0.157. The fourth-order valence-corrected chi connectivity index (χ4v) is 2.55. The van der Waals surface area contributed by atoms with Crippen LogP contribution < -0.4 is 5.32 Å². The van der Waals surface area contributed by atoms with Gasteiger partial charge in [0.2, 0.25) is 5.91 Å². The number of rotatable bonds is 8. The number of carbonyl (C=O) groups excluding carboxylic acids is 2. The average Bonchev–Trinajstić information content (AvgIpc) is 2.69. The molecule has 0 aliphatic rings. The zero-order valence-corrected chi connectivity index (χ0v) is 16.2. The van der Waals surface area contributed by atoms with Gasteiger partial charge in [-0.3, -0.25) is 9.59 Å². The lowest BCUT2D eigenvalue weighted by molar-refractivity contribution is -0.126. The van der Waals surface area contributed by atoms with E-state index < -0.39 is 0 Å². The van der Waals surface area contributed by atoms with E-state index in [0.29, 0.717) is 18.7 Å². The molecule has 0 fully saturated rings. The van der Waals surface area contributed by atoms with Crippen LogP contribution in [0.2, 0.25) is 0 Å². The number of amides is 2. The molecule has 2 amide bonds. The Hall–Kier alpha value is -2.92. The SMILES string of the molecule is CNC(=O)c1ccc(/C=C/C(=O)N(CCN(C)C)Cc2ccccc2)cc1. The van der Waals surface area contributed by atoms with Crippen molar-refractivity contribution in [2.24, 2.45) is 0 Å². The van der Waals surface area contributed by atoms with E-state index in [1.165, 1.54) is 0 Å². The smallest absolute Gasteiger partial charge is 0.251 e. The Morgan fingerprint density at radius 1 is 0.963 bits per heavy atom. The Morgan fingerprint density at radius 3 is 2.22 bits per heavy atom. The van der Waals surface area contributed by atoms with Crippen molar-refractivity contribution < 1.29 is 9.59 Å². The highest BCUT2D eigenvalue weighted by Gasteiger charge is 2.11. The summed E-state index contributed by atoms with van der Waals surface area (Å²) in [4.78, 5) is 28.2. The topological polar surface area (TPSA) is 52.7 Å². The lowest BCUT2D eigenvalue weighted by atomic mass is 10.1. The van der Waals surface area contributed by atoms with E-state index in [0.717, 1.165) is 17.7 Å². The van der Waals surface area contributed by atoms with E-state index in [4.69, 9.17) is 0 Å². The minimum atomic E-state index is -0.126. The van der Waals surface area contributed by atoms with Crippen LogP contribution in [0, 0.1) is 0 Å². The van der Waals surface area contributed by atoms with Gasteiger partial charge in [0, 0.05) is 38.3 Å². The minimum Gasteiger partial charge on any atom is -0.355 e. The molecule has 0 bridgehead atoms. The van der Waals surface area contributed by atoms with Crippen LogP contribution in [0.3, 0.4) is 0 Å². The molecule has 2 rings (SSSR count). The lowest BCUT2D eigenvalue weighted by Gasteiger charge is -2.23. The van der Waals surface area contributed by atoms with Crippen LogP contribution in [0.1, 0.15) is 21.5 Å². The van der Waals surface area contributed by atoms with Crippen LogP contribution >= 0.6 is 0 Å². The molecule has 0 saturated carbocycles. The number of nitrogens with zero attached hydrogens (tertiary/aromatic N) is 2. The molecule has 5 heteroatoms. The number of likely N-dealkylation sites (N-methyl/N-ethyl adjacent to an activating group) is 1. The second-order valence-electron chi connectivity index (χ2n) is 6.58. The van der Waals surface area contributed by atoms with Gasteiger partial charge in [0.1, 0.15) is 0 Å². The summed E-state index contributed by atoms with van der Waals surface area (Å²) in [6.07, 6.45) is 3.37. The summed E-state index contributed by atoms with van der Waals surface area (Å²) in [6.45, 7) is 2.03. The maximum Gasteiger partial charge on any atom is 0.251 e. The molecule has 2 aromatic carbocycles. The molecular weight excluding hydrogens is 338 g/mol. The van der Waals surface area contributed by atoms with Crippen LogP contribution in [0.25, 0.3) is 6.08 Å². The fraction of sp³-hybridized carbons (Fsp3) is 0.273. The highest BCUT2D eigenvalue weighted by Crippen LogP contribution is 2.09. The van der Waals surface area contributed by atoms with Crippen molar-refractivity contribution >= 4 is 17.9 Å². The first-order valence-electron chi connectivity index (χ1n) is 8.97. The molecule has 0 aromatic heterocycles. The van der Waals surface area contributed by atoms with E-state index in [1.54, 1.807) is 31.3 Å². The van der Waals surface area contributed by atoms with E-state index in [9.17, 15) is 9.59 Å². The zero-order valence-electron chi connectivity index (χ0n) is 16.2. The molecule has 0 radical (unpaired) electrons. The predicted octanol–water partition coefficient (Wildman–Crippen LogP) is 2.65. The van der Waals surface area contributed by atoms with E-state index in [1.807, 2.05) is 61.5 Å². The second kappa shape index (κ2) is 10.3.